The van der Waals surface area contributed by atoms with Gasteiger partial charge in [0.25, 0.3) is 0 Å². The second-order valence-electron chi connectivity index (χ2n) is 5.73. The smallest absolute Gasteiger partial charge is 0.225 e. The number of hydrogen-bond acceptors (Lipinski definition) is 3. The van der Waals surface area contributed by atoms with Crippen LogP contribution >= 0.6 is 12.2 Å². The minimum atomic E-state index is 0.0227. The van der Waals surface area contributed by atoms with Gasteiger partial charge in [-0.25, -0.2) is 0 Å². The fourth-order valence-corrected chi connectivity index (χ4v) is 1.96. The van der Waals surface area contributed by atoms with E-state index in [-0.39, 0.29) is 5.91 Å². The third-order valence-electron chi connectivity index (χ3n) is 3.26. The van der Waals surface area contributed by atoms with Crippen LogP contribution in [0.5, 0.6) is 0 Å². The Balaban J connectivity index is 2.34. The maximum Gasteiger partial charge on any atom is 0.225 e. The molecule has 0 aliphatic rings. The average molecular weight is 307 g/mol. The van der Waals surface area contributed by atoms with Crippen molar-refractivity contribution in [1.82, 2.24) is 4.90 Å². The van der Waals surface area contributed by atoms with Crippen molar-refractivity contribution in [2.45, 2.75) is 26.7 Å². The molecule has 0 fully saturated rings. The average Bonchev–Trinajstić information content (AvgIpc) is 2.43. The van der Waals surface area contributed by atoms with Crippen LogP contribution in [-0.4, -0.2) is 35.9 Å². The first-order chi connectivity index (χ1) is 9.88. The number of nitrogens with one attached hydrogen (secondary N) is 1. The van der Waals surface area contributed by atoms with Crippen molar-refractivity contribution in [3.05, 3.63) is 29.8 Å². The molecule has 0 aromatic heterocycles. The Hall–Kier alpha value is -1.46. The normalized spacial score (nSPS) is 10.9. The van der Waals surface area contributed by atoms with E-state index < -0.39 is 0 Å². The van der Waals surface area contributed by atoms with E-state index in [0.29, 0.717) is 17.3 Å². The minimum Gasteiger partial charge on any atom is -0.389 e. The molecular formula is C16H25N3OS. The summed E-state index contributed by atoms with van der Waals surface area (Å²) < 4.78 is 0. The molecule has 0 heterocycles. The van der Waals surface area contributed by atoms with Crippen LogP contribution in [0.3, 0.4) is 0 Å². The quantitative estimate of drug-likeness (QED) is 0.725. The minimum absolute atomic E-state index is 0.0227. The molecular weight excluding hydrogens is 282 g/mol. The number of rotatable bonds is 8. The second kappa shape index (κ2) is 8.74. The number of carbonyl (C=O) groups is 1. The van der Waals surface area contributed by atoms with Gasteiger partial charge < -0.3 is 16.0 Å². The summed E-state index contributed by atoms with van der Waals surface area (Å²) in [5.74, 6) is 0.711. The lowest BCUT2D eigenvalue weighted by atomic mass is 10.1. The van der Waals surface area contributed by atoms with Crippen LogP contribution in [0.2, 0.25) is 0 Å². The van der Waals surface area contributed by atoms with Gasteiger partial charge in [0.05, 0.1) is 0 Å². The van der Waals surface area contributed by atoms with Crippen molar-refractivity contribution in [2.24, 2.45) is 11.7 Å². The maximum absolute atomic E-state index is 11.9. The van der Waals surface area contributed by atoms with Gasteiger partial charge in [-0.1, -0.05) is 26.1 Å². The molecule has 0 saturated carbocycles. The molecule has 0 bridgehead atoms. The molecule has 1 aromatic carbocycles. The molecule has 0 aliphatic heterocycles. The van der Waals surface area contributed by atoms with Crippen LogP contribution in [0.25, 0.3) is 0 Å². The SMILES string of the molecule is CC(C)CCN(C)CCC(=O)Nc1ccc(C(N)=S)cc1. The fraction of sp³-hybridized carbons (Fsp3) is 0.500. The molecule has 1 amide bonds. The number of thiocarbonyl (C=S) groups is 1. The predicted octanol–water partition coefficient (Wildman–Crippen LogP) is 2.63. The van der Waals surface area contributed by atoms with Gasteiger partial charge in [0, 0.05) is 24.2 Å². The molecule has 116 valence electrons. The van der Waals surface area contributed by atoms with Gasteiger partial charge in [0.15, 0.2) is 0 Å². The summed E-state index contributed by atoms with van der Waals surface area (Å²) in [4.78, 5) is 14.4. The Morgan fingerprint density at radius 1 is 1.29 bits per heavy atom. The number of amides is 1. The maximum atomic E-state index is 11.9. The summed E-state index contributed by atoms with van der Waals surface area (Å²) in [6.45, 7) is 6.20. The van der Waals surface area contributed by atoms with Crippen LogP contribution in [0.4, 0.5) is 5.69 Å². The van der Waals surface area contributed by atoms with E-state index >= 15 is 0 Å². The number of anilines is 1. The second-order valence-corrected chi connectivity index (χ2v) is 6.17. The summed E-state index contributed by atoms with van der Waals surface area (Å²) in [6, 6.07) is 7.25. The van der Waals surface area contributed by atoms with Crippen molar-refractivity contribution in [3.8, 4) is 0 Å². The zero-order chi connectivity index (χ0) is 15.8. The van der Waals surface area contributed by atoms with Crippen molar-refractivity contribution >= 4 is 28.8 Å². The number of carbonyl (C=O) groups excluding carboxylic acids is 1. The largest absolute Gasteiger partial charge is 0.389 e. The highest BCUT2D eigenvalue weighted by Gasteiger charge is 2.06. The molecule has 1 rings (SSSR count). The molecule has 3 N–H and O–H groups in total. The van der Waals surface area contributed by atoms with E-state index in [0.717, 1.165) is 30.8 Å². The zero-order valence-electron chi connectivity index (χ0n) is 13.1. The van der Waals surface area contributed by atoms with Gasteiger partial charge in [-0.15, -0.1) is 0 Å². The molecule has 21 heavy (non-hydrogen) atoms. The van der Waals surface area contributed by atoms with E-state index in [1.165, 1.54) is 0 Å². The Morgan fingerprint density at radius 3 is 2.43 bits per heavy atom. The van der Waals surface area contributed by atoms with Crippen LogP contribution in [0.1, 0.15) is 32.3 Å². The van der Waals surface area contributed by atoms with Gasteiger partial charge >= 0.3 is 0 Å². The summed E-state index contributed by atoms with van der Waals surface area (Å²) in [5.41, 5.74) is 7.10. The highest BCUT2D eigenvalue weighted by molar-refractivity contribution is 7.80. The van der Waals surface area contributed by atoms with Crippen LogP contribution in [0.15, 0.2) is 24.3 Å². The van der Waals surface area contributed by atoms with Gasteiger partial charge in [-0.3, -0.25) is 4.79 Å². The van der Waals surface area contributed by atoms with Crippen molar-refractivity contribution in [2.75, 3.05) is 25.5 Å². The lowest BCUT2D eigenvalue weighted by Crippen LogP contribution is -2.26. The third-order valence-corrected chi connectivity index (χ3v) is 3.50. The summed E-state index contributed by atoms with van der Waals surface area (Å²) in [7, 11) is 2.05. The highest BCUT2D eigenvalue weighted by Crippen LogP contribution is 2.10. The van der Waals surface area contributed by atoms with Crippen molar-refractivity contribution in [3.63, 3.8) is 0 Å². The first-order valence-electron chi connectivity index (χ1n) is 7.26. The molecule has 0 spiro atoms. The predicted molar refractivity (Wildman–Crippen MR) is 92.5 cm³/mol. The van der Waals surface area contributed by atoms with Crippen LogP contribution in [0, 0.1) is 5.92 Å². The number of hydrogen-bond donors (Lipinski definition) is 2. The first kappa shape index (κ1) is 17.6. The van der Waals surface area contributed by atoms with Gasteiger partial charge in [-0.05, 0) is 50.2 Å². The van der Waals surface area contributed by atoms with E-state index in [4.69, 9.17) is 18.0 Å². The Kier molecular flexibility index (Phi) is 7.32. The van der Waals surface area contributed by atoms with Crippen molar-refractivity contribution < 1.29 is 4.79 Å². The summed E-state index contributed by atoms with van der Waals surface area (Å²) in [6.07, 6.45) is 1.64. The van der Waals surface area contributed by atoms with Crippen LogP contribution in [-0.2, 0) is 4.79 Å². The lowest BCUT2D eigenvalue weighted by Gasteiger charge is -2.17. The van der Waals surface area contributed by atoms with Gasteiger partial charge in [0.2, 0.25) is 5.91 Å². The highest BCUT2D eigenvalue weighted by atomic mass is 32.1. The topological polar surface area (TPSA) is 58.4 Å². The molecule has 0 radical (unpaired) electrons. The first-order valence-corrected chi connectivity index (χ1v) is 7.67. The van der Waals surface area contributed by atoms with Gasteiger partial charge in [-0.2, -0.15) is 0 Å². The number of benzene rings is 1. The summed E-state index contributed by atoms with van der Waals surface area (Å²) >= 11 is 4.89. The molecule has 0 atom stereocenters. The Bertz CT molecular complexity index is 471. The lowest BCUT2D eigenvalue weighted by molar-refractivity contribution is -0.116. The number of nitrogens with two attached hydrogens (primary N) is 1. The molecule has 1 aromatic rings. The monoisotopic (exact) mass is 307 g/mol. The molecule has 0 aliphatic carbocycles. The molecule has 0 saturated heterocycles. The zero-order valence-corrected chi connectivity index (χ0v) is 13.9. The Labute approximate surface area is 132 Å². The van der Waals surface area contributed by atoms with E-state index in [1.807, 2.05) is 31.3 Å². The molecule has 4 nitrogen and oxygen atoms in total. The number of nitrogens with zero attached hydrogens (tertiary/aromatic N) is 1. The van der Waals surface area contributed by atoms with E-state index in [1.54, 1.807) is 0 Å². The fourth-order valence-electron chi connectivity index (χ4n) is 1.82. The van der Waals surface area contributed by atoms with Gasteiger partial charge in [0.1, 0.15) is 4.99 Å². The standard InChI is InChI=1S/C16H25N3OS/c1-12(2)8-10-19(3)11-9-15(20)18-14-6-4-13(5-7-14)16(17)21/h4-7,12H,8-11H2,1-3H3,(H2,17,21)(H,18,20). The van der Waals surface area contributed by atoms with Crippen LogP contribution < -0.4 is 11.1 Å². The molecule has 5 heteroatoms. The van der Waals surface area contributed by atoms with E-state index in [2.05, 4.69) is 24.1 Å². The van der Waals surface area contributed by atoms with E-state index in [9.17, 15) is 4.79 Å². The van der Waals surface area contributed by atoms with Crippen molar-refractivity contribution in [1.29, 1.82) is 0 Å². The Morgan fingerprint density at radius 2 is 1.90 bits per heavy atom. The molecule has 0 unspecified atom stereocenters. The third kappa shape index (κ3) is 7.20. The summed E-state index contributed by atoms with van der Waals surface area (Å²) in [5, 5.41) is 2.88.